The zero-order chi connectivity index (χ0) is 26.2. The highest BCUT2D eigenvalue weighted by Gasteiger charge is 2.20. The van der Waals surface area contributed by atoms with Crippen molar-refractivity contribution in [2.24, 2.45) is 0 Å². The normalized spacial score (nSPS) is 17.0. The molecule has 10 heteroatoms. The van der Waals surface area contributed by atoms with Crippen LogP contribution in [0.4, 0.5) is 5.69 Å². The van der Waals surface area contributed by atoms with Gasteiger partial charge in [-0.15, -0.1) is 0 Å². The lowest BCUT2D eigenvalue weighted by atomic mass is 10.0. The molecule has 1 aromatic carbocycles. The van der Waals surface area contributed by atoms with E-state index in [4.69, 9.17) is 9.72 Å². The summed E-state index contributed by atoms with van der Waals surface area (Å²) in [6.07, 6.45) is 8.08. The lowest BCUT2D eigenvalue weighted by Crippen LogP contribution is -2.44. The van der Waals surface area contributed by atoms with Crippen molar-refractivity contribution in [3.05, 3.63) is 48.9 Å². The summed E-state index contributed by atoms with van der Waals surface area (Å²) < 4.78 is 6.05. The number of likely N-dealkylation sites (N-methyl/N-ethyl adjacent to an activating group) is 1. The Morgan fingerprint density at radius 3 is 2.69 bits per heavy atom. The second kappa shape index (κ2) is 10.3. The van der Waals surface area contributed by atoms with Crippen molar-refractivity contribution in [3.8, 4) is 28.4 Å². The molecule has 0 spiro atoms. The molecule has 2 aliphatic heterocycles. The predicted octanol–water partition coefficient (Wildman–Crippen LogP) is 3.79. The molecular formula is C29H33N9O. The molecule has 5 aromatic rings. The highest BCUT2D eigenvalue weighted by Crippen LogP contribution is 2.33. The van der Waals surface area contributed by atoms with Crippen molar-refractivity contribution < 1.29 is 4.74 Å². The predicted molar refractivity (Wildman–Crippen MR) is 153 cm³/mol. The van der Waals surface area contributed by atoms with E-state index >= 15 is 0 Å². The van der Waals surface area contributed by atoms with Gasteiger partial charge in [0.1, 0.15) is 23.6 Å². The number of hydrogen-bond donors (Lipinski definition) is 2. The van der Waals surface area contributed by atoms with Crippen molar-refractivity contribution >= 4 is 27.8 Å². The van der Waals surface area contributed by atoms with Gasteiger partial charge in [-0.05, 0) is 62.8 Å². The SMILES string of the molecule is CN1CCN(c2ccnc3nc(-c4n[nH]c5ccc(-c6cncc(OCCN7CCCC7)c6)cc45)[nH]c23)CC1. The molecule has 0 radical (unpaired) electrons. The van der Waals surface area contributed by atoms with Crippen molar-refractivity contribution in [2.45, 2.75) is 12.8 Å². The molecule has 0 atom stereocenters. The smallest absolute Gasteiger partial charge is 0.180 e. The van der Waals surface area contributed by atoms with E-state index < -0.39 is 0 Å². The Hall–Kier alpha value is -4.02. The van der Waals surface area contributed by atoms with Crippen LogP contribution in [0, 0.1) is 0 Å². The van der Waals surface area contributed by atoms with Gasteiger partial charge in [-0.2, -0.15) is 5.10 Å². The molecule has 10 nitrogen and oxygen atoms in total. The zero-order valence-corrected chi connectivity index (χ0v) is 22.2. The molecule has 2 saturated heterocycles. The number of benzene rings is 1. The van der Waals surface area contributed by atoms with E-state index in [9.17, 15) is 0 Å². The second-order valence-corrected chi connectivity index (χ2v) is 10.5. The third-order valence-corrected chi connectivity index (χ3v) is 7.92. The van der Waals surface area contributed by atoms with E-state index in [1.54, 1.807) is 6.20 Å². The summed E-state index contributed by atoms with van der Waals surface area (Å²) in [7, 11) is 2.17. The molecular weight excluding hydrogens is 490 g/mol. The van der Waals surface area contributed by atoms with E-state index in [1.165, 1.54) is 25.9 Å². The number of pyridine rings is 2. The van der Waals surface area contributed by atoms with Gasteiger partial charge in [-0.25, -0.2) is 9.97 Å². The van der Waals surface area contributed by atoms with Crippen LogP contribution in [0.3, 0.4) is 0 Å². The first-order valence-corrected chi connectivity index (χ1v) is 13.8. The molecule has 2 aliphatic rings. The fourth-order valence-electron chi connectivity index (χ4n) is 5.65. The number of fused-ring (bicyclic) bond motifs is 2. The highest BCUT2D eigenvalue weighted by molar-refractivity contribution is 5.96. The Kier molecular flexibility index (Phi) is 6.34. The van der Waals surface area contributed by atoms with Crippen molar-refractivity contribution in [1.82, 2.24) is 39.9 Å². The van der Waals surface area contributed by atoms with Crippen LogP contribution in [0.5, 0.6) is 5.75 Å². The van der Waals surface area contributed by atoms with Crippen LogP contribution in [-0.2, 0) is 0 Å². The van der Waals surface area contributed by atoms with Crippen LogP contribution >= 0.6 is 0 Å². The van der Waals surface area contributed by atoms with Crippen molar-refractivity contribution in [1.29, 1.82) is 0 Å². The number of hydrogen-bond acceptors (Lipinski definition) is 8. The number of anilines is 1. The van der Waals surface area contributed by atoms with Gasteiger partial charge in [-0.1, -0.05) is 6.07 Å². The van der Waals surface area contributed by atoms with Crippen molar-refractivity contribution in [2.75, 3.05) is 64.4 Å². The molecule has 6 heterocycles. The Balaban J connectivity index is 1.17. The van der Waals surface area contributed by atoms with Gasteiger partial charge in [0.2, 0.25) is 0 Å². The minimum Gasteiger partial charge on any atom is -0.491 e. The number of aromatic nitrogens is 6. The van der Waals surface area contributed by atoms with Crippen LogP contribution in [-0.4, -0.2) is 99.4 Å². The molecule has 2 N–H and O–H groups in total. The minimum atomic E-state index is 0.673. The van der Waals surface area contributed by atoms with E-state index in [0.29, 0.717) is 18.1 Å². The van der Waals surface area contributed by atoms with Crippen LogP contribution in [0.15, 0.2) is 48.9 Å². The summed E-state index contributed by atoms with van der Waals surface area (Å²) >= 11 is 0. The van der Waals surface area contributed by atoms with E-state index in [1.807, 2.05) is 12.4 Å². The minimum absolute atomic E-state index is 0.673. The third-order valence-electron chi connectivity index (χ3n) is 7.92. The van der Waals surface area contributed by atoms with Gasteiger partial charge in [0.05, 0.1) is 17.4 Å². The summed E-state index contributed by atoms with van der Waals surface area (Å²) in [5.41, 5.74) is 6.58. The first kappa shape index (κ1) is 24.1. The molecule has 0 unspecified atom stereocenters. The standard InChI is InChI=1S/C29H33N9O/c1-36-10-12-38(13-11-36)25-6-7-31-28-27(25)32-29(33-28)26-23-17-20(4-5-24(23)34-35-26)21-16-22(19-30-18-21)39-15-14-37-8-2-3-9-37/h4-7,16-19H,2-3,8-15H2,1H3,(H,34,35)(H,31,32,33). The number of nitrogens with one attached hydrogen (secondary N) is 2. The van der Waals surface area contributed by atoms with Gasteiger partial charge in [0, 0.05) is 56.1 Å². The monoisotopic (exact) mass is 523 g/mol. The van der Waals surface area contributed by atoms with Gasteiger partial charge in [-0.3, -0.25) is 15.0 Å². The number of likely N-dealkylation sites (tertiary alicyclic amines) is 1. The first-order chi connectivity index (χ1) is 19.2. The fraction of sp³-hybridized carbons (Fsp3) is 0.379. The third kappa shape index (κ3) is 4.81. The van der Waals surface area contributed by atoms with Crippen LogP contribution in [0.2, 0.25) is 0 Å². The fourth-order valence-corrected chi connectivity index (χ4v) is 5.65. The average molecular weight is 524 g/mol. The number of aromatic amines is 2. The maximum absolute atomic E-state index is 6.05. The Labute approximate surface area is 227 Å². The number of nitrogens with zero attached hydrogens (tertiary/aromatic N) is 7. The van der Waals surface area contributed by atoms with E-state index in [-0.39, 0.29) is 0 Å². The summed E-state index contributed by atoms with van der Waals surface area (Å²) in [5, 5.41) is 8.79. The molecule has 39 heavy (non-hydrogen) atoms. The van der Waals surface area contributed by atoms with Gasteiger partial charge in [0.15, 0.2) is 11.5 Å². The zero-order valence-electron chi connectivity index (χ0n) is 22.2. The lowest BCUT2D eigenvalue weighted by Gasteiger charge is -2.34. The van der Waals surface area contributed by atoms with Gasteiger partial charge >= 0.3 is 0 Å². The Morgan fingerprint density at radius 2 is 1.82 bits per heavy atom. The first-order valence-electron chi connectivity index (χ1n) is 13.8. The van der Waals surface area contributed by atoms with Crippen LogP contribution in [0.1, 0.15) is 12.8 Å². The number of H-pyrrole nitrogens is 2. The Morgan fingerprint density at radius 1 is 0.949 bits per heavy atom. The topological polar surface area (TPSA) is 102 Å². The number of imidazole rings is 1. The number of piperazine rings is 1. The summed E-state index contributed by atoms with van der Waals surface area (Å²) in [5.74, 6) is 1.50. The molecule has 0 amide bonds. The van der Waals surface area contributed by atoms with Gasteiger partial charge in [0.25, 0.3) is 0 Å². The summed E-state index contributed by atoms with van der Waals surface area (Å²) in [4.78, 5) is 24.6. The Bertz CT molecular complexity index is 1600. The quantitative estimate of drug-likeness (QED) is 0.332. The van der Waals surface area contributed by atoms with Crippen molar-refractivity contribution in [3.63, 3.8) is 0 Å². The molecule has 0 saturated carbocycles. The number of ether oxygens (including phenoxy) is 1. The van der Waals surface area contributed by atoms with Crippen LogP contribution in [0.25, 0.3) is 44.7 Å². The largest absolute Gasteiger partial charge is 0.491 e. The second-order valence-electron chi connectivity index (χ2n) is 10.5. The lowest BCUT2D eigenvalue weighted by molar-refractivity contribution is 0.237. The maximum Gasteiger partial charge on any atom is 0.180 e. The maximum atomic E-state index is 6.05. The molecule has 2 fully saturated rings. The highest BCUT2D eigenvalue weighted by atomic mass is 16.5. The van der Waals surface area contributed by atoms with Crippen LogP contribution < -0.4 is 9.64 Å². The molecule has 7 rings (SSSR count). The molecule has 0 aliphatic carbocycles. The summed E-state index contributed by atoms with van der Waals surface area (Å²) in [6, 6.07) is 10.4. The average Bonchev–Trinajstić information content (AvgIpc) is 3.73. The number of rotatable bonds is 7. The molecule has 200 valence electrons. The summed E-state index contributed by atoms with van der Waals surface area (Å²) in [6.45, 7) is 8.01. The molecule has 4 aromatic heterocycles. The van der Waals surface area contributed by atoms with Gasteiger partial charge < -0.3 is 19.5 Å². The van der Waals surface area contributed by atoms with E-state index in [0.717, 1.165) is 77.4 Å². The van der Waals surface area contributed by atoms with E-state index in [2.05, 4.69) is 77.2 Å². The molecule has 0 bridgehead atoms.